The Morgan fingerprint density at radius 1 is 1.25 bits per heavy atom. The van der Waals surface area contributed by atoms with Gasteiger partial charge >= 0.3 is 0 Å². The molecule has 0 spiro atoms. The average molecular weight is 220 g/mol. The van der Waals surface area contributed by atoms with Gasteiger partial charge in [-0.1, -0.05) is 0 Å². The third kappa shape index (κ3) is 0.878. The summed E-state index contributed by atoms with van der Waals surface area (Å²) in [6.07, 6.45) is 0. The van der Waals surface area contributed by atoms with Crippen LogP contribution in [0.1, 0.15) is 0 Å². The first-order chi connectivity index (χ1) is 7.86. The van der Waals surface area contributed by atoms with Crippen molar-refractivity contribution in [3.63, 3.8) is 0 Å². The van der Waals surface area contributed by atoms with Crippen LogP contribution in [0.3, 0.4) is 0 Å². The van der Waals surface area contributed by atoms with Crippen molar-refractivity contribution in [1.82, 2.24) is 30.8 Å². The van der Waals surface area contributed by atoms with E-state index in [2.05, 4.69) is 36.0 Å². The number of aromatic nitrogens is 6. The number of nitroso groups, excluding NO2 is 1. The third-order valence-corrected chi connectivity index (χ3v) is 2.24. The Kier molecular flexibility index (Phi) is 1.59. The summed E-state index contributed by atoms with van der Waals surface area (Å²) in [6, 6.07) is 0. The first-order valence-electron chi connectivity index (χ1n) is 4.17. The molecule has 0 atom stereocenters. The first-order valence-corrected chi connectivity index (χ1v) is 4.17. The van der Waals surface area contributed by atoms with E-state index in [1.165, 1.54) is 0 Å². The minimum Gasteiger partial charge on any atom is -0.291 e. The number of H-pyrrole nitrogens is 2. The van der Waals surface area contributed by atoms with Crippen LogP contribution in [0.2, 0.25) is 0 Å². The Labute approximate surface area is 86.0 Å². The molecule has 0 amide bonds. The summed E-state index contributed by atoms with van der Waals surface area (Å²) >= 11 is 0. The lowest BCUT2D eigenvalue weighted by atomic mass is 10.2. The SMILES string of the molecule is O=Nc1c2nnnc2c(NO)c2n[nH][nH]c12. The Morgan fingerprint density at radius 2 is 2.06 bits per heavy atom. The topological polar surface area (TPSA) is 145 Å². The van der Waals surface area contributed by atoms with Crippen LogP contribution >= 0.6 is 0 Å². The first kappa shape index (κ1) is 8.67. The molecule has 2 aromatic heterocycles. The molecule has 0 fully saturated rings. The molecule has 0 unspecified atom stereocenters. The second-order valence-corrected chi connectivity index (χ2v) is 2.99. The fraction of sp³-hybridized carbons (Fsp3) is 0. The van der Waals surface area contributed by atoms with Gasteiger partial charge in [0.1, 0.15) is 27.8 Å². The molecule has 1 aromatic carbocycles. The molecule has 0 saturated carbocycles. The predicted octanol–water partition coefficient (Wildman–Crippen LogP) is 0.428. The number of nitrogens with zero attached hydrogens (tertiary/aromatic N) is 5. The standard InChI is InChI=1S/C6H4N8O2/c15-11-5-1-2(8-13-7-1)6(12-16)4-3(5)9-14-10-4/h7,12-13,16H. The van der Waals surface area contributed by atoms with E-state index in [0.29, 0.717) is 11.0 Å². The Bertz CT molecular complexity index is 633. The van der Waals surface area contributed by atoms with Gasteiger partial charge in [-0.25, -0.2) is 5.21 Å². The molecular formula is C6H4N8O2. The summed E-state index contributed by atoms with van der Waals surface area (Å²) < 4.78 is 0. The highest BCUT2D eigenvalue weighted by Crippen LogP contribution is 2.36. The van der Waals surface area contributed by atoms with Gasteiger partial charge in [-0.15, -0.1) is 15.1 Å². The molecule has 2 heterocycles. The van der Waals surface area contributed by atoms with Gasteiger partial charge < -0.3 is 0 Å². The van der Waals surface area contributed by atoms with Crippen LogP contribution in [0.4, 0.5) is 11.4 Å². The van der Waals surface area contributed by atoms with Gasteiger partial charge in [0.25, 0.3) is 0 Å². The molecule has 0 bridgehead atoms. The molecule has 0 aliphatic heterocycles. The number of nitrogens with one attached hydrogen (secondary N) is 3. The molecule has 80 valence electrons. The van der Waals surface area contributed by atoms with E-state index in [4.69, 9.17) is 5.21 Å². The number of hydrogen-bond acceptors (Lipinski definition) is 8. The van der Waals surface area contributed by atoms with Crippen molar-refractivity contribution >= 4 is 33.4 Å². The summed E-state index contributed by atoms with van der Waals surface area (Å²) in [4.78, 5) is 10.7. The fourth-order valence-corrected chi connectivity index (χ4v) is 1.57. The number of anilines is 1. The van der Waals surface area contributed by atoms with Gasteiger partial charge in [0, 0.05) is 0 Å². The van der Waals surface area contributed by atoms with E-state index >= 15 is 0 Å². The zero-order chi connectivity index (χ0) is 11.1. The van der Waals surface area contributed by atoms with Crippen LogP contribution in [0.25, 0.3) is 22.1 Å². The van der Waals surface area contributed by atoms with Gasteiger partial charge in [-0.3, -0.25) is 15.8 Å². The molecule has 3 aromatic rings. The molecule has 0 aliphatic carbocycles. The van der Waals surface area contributed by atoms with Gasteiger partial charge in [0.15, 0.2) is 5.69 Å². The maximum absolute atomic E-state index is 10.7. The number of fused-ring (bicyclic) bond motifs is 2. The van der Waals surface area contributed by atoms with E-state index in [0.717, 1.165) is 0 Å². The molecule has 0 radical (unpaired) electrons. The lowest BCUT2D eigenvalue weighted by Crippen LogP contribution is -1.93. The summed E-state index contributed by atoms with van der Waals surface area (Å²) in [7, 11) is 0. The summed E-state index contributed by atoms with van der Waals surface area (Å²) in [5.41, 5.74) is 3.24. The number of rotatable bonds is 2. The molecule has 3 rings (SSSR count). The number of benzene rings is 1. The van der Waals surface area contributed by atoms with E-state index in [9.17, 15) is 4.91 Å². The van der Waals surface area contributed by atoms with E-state index in [-0.39, 0.29) is 22.4 Å². The second-order valence-electron chi connectivity index (χ2n) is 2.99. The van der Waals surface area contributed by atoms with Crippen molar-refractivity contribution in [2.75, 3.05) is 5.48 Å². The van der Waals surface area contributed by atoms with Crippen LogP contribution in [0.5, 0.6) is 0 Å². The normalized spacial score (nSPS) is 11.1. The van der Waals surface area contributed by atoms with E-state index in [1.807, 2.05) is 5.48 Å². The van der Waals surface area contributed by atoms with Crippen molar-refractivity contribution < 1.29 is 5.21 Å². The number of aromatic amines is 2. The molecular weight excluding hydrogens is 216 g/mol. The van der Waals surface area contributed by atoms with Crippen molar-refractivity contribution in [3.05, 3.63) is 4.91 Å². The van der Waals surface area contributed by atoms with Crippen molar-refractivity contribution in [1.29, 1.82) is 0 Å². The Morgan fingerprint density at radius 3 is 2.81 bits per heavy atom. The fourth-order valence-electron chi connectivity index (χ4n) is 1.57. The average Bonchev–Trinajstić information content (AvgIpc) is 2.93. The summed E-state index contributed by atoms with van der Waals surface area (Å²) in [6.45, 7) is 0. The van der Waals surface area contributed by atoms with E-state index in [1.54, 1.807) is 0 Å². The molecule has 4 N–H and O–H groups in total. The lowest BCUT2D eigenvalue weighted by molar-refractivity contribution is 0.390. The minimum absolute atomic E-state index is 0.0442. The van der Waals surface area contributed by atoms with Crippen LogP contribution in [0, 0.1) is 4.91 Å². The maximum Gasteiger partial charge on any atom is 0.165 e. The van der Waals surface area contributed by atoms with Crippen molar-refractivity contribution in [2.24, 2.45) is 5.18 Å². The van der Waals surface area contributed by atoms with Gasteiger partial charge in [0.2, 0.25) is 0 Å². The smallest absolute Gasteiger partial charge is 0.165 e. The molecule has 0 saturated heterocycles. The zero-order valence-corrected chi connectivity index (χ0v) is 7.59. The van der Waals surface area contributed by atoms with Gasteiger partial charge in [-0.2, -0.15) is 5.10 Å². The Hall–Kier alpha value is -2.62. The van der Waals surface area contributed by atoms with Crippen LogP contribution in [0.15, 0.2) is 5.18 Å². The van der Waals surface area contributed by atoms with Crippen LogP contribution in [-0.4, -0.2) is 36.0 Å². The highest BCUT2D eigenvalue weighted by molar-refractivity contribution is 6.12. The summed E-state index contributed by atoms with van der Waals surface area (Å²) in [5.74, 6) is 0. The largest absolute Gasteiger partial charge is 0.291 e. The quantitative estimate of drug-likeness (QED) is 0.361. The second kappa shape index (κ2) is 2.93. The zero-order valence-electron chi connectivity index (χ0n) is 7.59. The lowest BCUT2D eigenvalue weighted by Gasteiger charge is -2.00. The highest BCUT2D eigenvalue weighted by Gasteiger charge is 2.20. The predicted molar refractivity (Wildman–Crippen MR) is 52.2 cm³/mol. The Balaban J connectivity index is 2.64. The van der Waals surface area contributed by atoms with Gasteiger partial charge in [0.05, 0.1) is 0 Å². The van der Waals surface area contributed by atoms with Crippen molar-refractivity contribution in [2.45, 2.75) is 0 Å². The number of hydrogen-bond donors (Lipinski definition) is 4. The van der Waals surface area contributed by atoms with Gasteiger partial charge in [-0.05, 0) is 10.4 Å². The molecule has 16 heavy (non-hydrogen) atoms. The van der Waals surface area contributed by atoms with Crippen LogP contribution < -0.4 is 5.48 Å². The molecule has 10 nitrogen and oxygen atoms in total. The molecule has 10 heteroatoms. The third-order valence-electron chi connectivity index (χ3n) is 2.24. The van der Waals surface area contributed by atoms with E-state index < -0.39 is 0 Å². The van der Waals surface area contributed by atoms with Crippen LogP contribution in [-0.2, 0) is 0 Å². The summed E-state index contributed by atoms with van der Waals surface area (Å²) in [5, 5.41) is 31.5. The molecule has 0 aliphatic rings. The maximum atomic E-state index is 10.7. The monoisotopic (exact) mass is 220 g/mol. The highest BCUT2D eigenvalue weighted by atomic mass is 16.5. The van der Waals surface area contributed by atoms with Crippen molar-refractivity contribution in [3.8, 4) is 0 Å². The minimum atomic E-state index is 0.0442.